The van der Waals surface area contributed by atoms with Crippen molar-refractivity contribution < 1.29 is 18.8 Å². The van der Waals surface area contributed by atoms with E-state index >= 15 is 0 Å². The van der Waals surface area contributed by atoms with E-state index in [1.165, 1.54) is 31.9 Å². The average Bonchev–Trinajstić information content (AvgIpc) is 2.59. The summed E-state index contributed by atoms with van der Waals surface area (Å²) in [5, 5.41) is 0.951. The second kappa shape index (κ2) is 8.81. The molecule has 1 unspecified atom stereocenters. The number of aromatic nitrogens is 1. The number of methoxy groups -OCH3 is 1. The quantitative estimate of drug-likeness (QED) is 0.295. The number of nitrogens with zero attached hydrogens (tertiary/aromatic N) is 1. The Morgan fingerprint density at radius 3 is 2.73 bits per heavy atom. The molecule has 5 nitrogen and oxygen atoms in total. The summed E-state index contributed by atoms with van der Waals surface area (Å²) in [6, 6.07) is 4.08. The number of hydrogen-bond donors (Lipinski definition) is 0. The van der Waals surface area contributed by atoms with Gasteiger partial charge in [-0.05, 0) is 71.8 Å². The van der Waals surface area contributed by atoms with Crippen LogP contribution in [0, 0.1) is 6.92 Å². The van der Waals surface area contributed by atoms with Gasteiger partial charge in [0.05, 0.1) is 32.3 Å². The van der Waals surface area contributed by atoms with Crippen molar-refractivity contribution in [2.45, 2.75) is 45.6 Å². The summed E-state index contributed by atoms with van der Waals surface area (Å²) in [5.41, 5.74) is 4.79. The number of hydrogen-bond acceptors (Lipinski definition) is 5. The molecule has 1 aliphatic rings. The van der Waals surface area contributed by atoms with Gasteiger partial charge in [-0.2, -0.15) is 0 Å². The molecular formula is C19H23INO4P. The van der Waals surface area contributed by atoms with Crippen LogP contribution in [0.1, 0.15) is 59.2 Å². The van der Waals surface area contributed by atoms with E-state index in [2.05, 4.69) is 35.0 Å². The summed E-state index contributed by atoms with van der Waals surface area (Å²) < 4.78 is 16.3. The second-order valence-electron chi connectivity index (χ2n) is 6.42. The first-order valence-corrected chi connectivity index (χ1v) is 12.8. The van der Waals surface area contributed by atoms with Crippen LogP contribution in [0.5, 0.6) is 5.88 Å². The van der Waals surface area contributed by atoms with Crippen molar-refractivity contribution in [3.05, 3.63) is 34.4 Å². The number of aryl methyl sites for hydroxylation is 1. The molecule has 1 aromatic carbocycles. The van der Waals surface area contributed by atoms with Crippen LogP contribution in [0.15, 0.2) is 12.1 Å². The lowest BCUT2D eigenvalue weighted by Gasteiger charge is -2.29. The van der Waals surface area contributed by atoms with Crippen LogP contribution in [-0.4, -0.2) is 24.7 Å². The molecule has 0 bridgehead atoms. The van der Waals surface area contributed by atoms with Crippen molar-refractivity contribution in [2.24, 2.45) is 0 Å². The first-order chi connectivity index (χ1) is 12.6. The van der Waals surface area contributed by atoms with Crippen molar-refractivity contribution in [2.75, 3.05) is 13.7 Å². The molecule has 0 N–H and O–H groups in total. The summed E-state index contributed by atoms with van der Waals surface area (Å²) in [6.07, 6.45) is 3.69. The van der Waals surface area contributed by atoms with Gasteiger partial charge in [-0.15, -0.1) is 0 Å². The number of halogens is 1. The number of pyridine rings is 1. The van der Waals surface area contributed by atoms with E-state index in [4.69, 9.17) is 19.0 Å². The van der Waals surface area contributed by atoms with E-state index in [-0.39, 0.29) is 0 Å². The minimum atomic E-state index is -0.409. The van der Waals surface area contributed by atoms with E-state index in [0.717, 1.165) is 22.0 Å². The zero-order valence-corrected chi connectivity index (χ0v) is 18.4. The molecule has 0 aliphatic heterocycles. The molecule has 3 rings (SSSR count). The highest BCUT2D eigenvalue weighted by Crippen LogP contribution is 2.42. The van der Waals surface area contributed by atoms with Crippen LogP contribution < -0.4 is 4.74 Å². The molecule has 2 aromatic rings. The molecule has 0 radical (unpaired) electrons. The highest BCUT2D eigenvalue weighted by atomic mass is 127. The third-order valence-electron chi connectivity index (χ3n) is 4.92. The maximum atomic E-state index is 12.3. The Balaban J connectivity index is 2.21. The van der Waals surface area contributed by atoms with Crippen LogP contribution >= 0.6 is 28.5 Å². The number of rotatable bonds is 7. The zero-order valence-electron chi connectivity index (χ0n) is 15.2. The minimum Gasteiger partial charge on any atom is -0.480 e. The predicted octanol–water partition coefficient (Wildman–Crippen LogP) is 5.46. The number of carbonyl (C=O) groups is 1. The standard InChI is InChI=1S/C19H23INO4P/c1-4-24-19(22)15-9-13-11(2)8-14(12-6-5-7-12)16(10-25-26-20)17(13)21-18(15)23-3/h8-9,12,26H,4-7,10H2,1-3H3. The molecule has 1 aliphatic carbocycles. The van der Waals surface area contributed by atoms with Crippen LogP contribution in [0.3, 0.4) is 0 Å². The van der Waals surface area contributed by atoms with E-state index < -0.39 is 5.97 Å². The van der Waals surface area contributed by atoms with Crippen molar-refractivity contribution in [3.8, 4) is 5.88 Å². The van der Waals surface area contributed by atoms with Crippen LogP contribution in [0.4, 0.5) is 0 Å². The van der Waals surface area contributed by atoms with Crippen molar-refractivity contribution in [1.29, 1.82) is 0 Å². The van der Waals surface area contributed by atoms with Gasteiger partial charge in [-0.3, -0.25) is 0 Å². The van der Waals surface area contributed by atoms with Gasteiger partial charge in [0.2, 0.25) is 5.88 Å². The third-order valence-corrected chi connectivity index (χ3v) is 6.11. The van der Waals surface area contributed by atoms with Crippen LogP contribution in [0.2, 0.25) is 0 Å². The molecule has 7 heteroatoms. The van der Waals surface area contributed by atoms with Crippen molar-refractivity contribution >= 4 is 45.4 Å². The van der Waals surface area contributed by atoms with Gasteiger partial charge in [0.25, 0.3) is 0 Å². The van der Waals surface area contributed by atoms with Gasteiger partial charge in [0, 0.05) is 10.9 Å². The lowest BCUT2D eigenvalue weighted by atomic mass is 9.77. The molecule has 1 fully saturated rings. The number of carbonyl (C=O) groups excluding carboxylic acids is 1. The molecule has 1 heterocycles. The van der Waals surface area contributed by atoms with Crippen molar-refractivity contribution in [1.82, 2.24) is 4.98 Å². The summed E-state index contributed by atoms with van der Waals surface area (Å²) in [5.74, 6) is 0.471. The van der Waals surface area contributed by atoms with Gasteiger partial charge in [0.15, 0.2) is 0 Å². The molecular weight excluding hydrogens is 464 g/mol. The van der Waals surface area contributed by atoms with E-state index in [1.54, 1.807) is 6.92 Å². The summed E-state index contributed by atoms with van der Waals surface area (Å²) >= 11 is 2.23. The fraction of sp³-hybridized carbons (Fsp3) is 0.474. The first kappa shape index (κ1) is 19.8. The first-order valence-electron chi connectivity index (χ1n) is 8.76. The fourth-order valence-corrected chi connectivity index (χ4v) is 4.07. The smallest absolute Gasteiger partial charge is 0.343 e. The molecule has 0 spiro atoms. The Morgan fingerprint density at radius 1 is 1.38 bits per heavy atom. The number of esters is 1. The Kier molecular flexibility index (Phi) is 6.70. The minimum absolute atomic E-state index is 0.305. The number of ether oxygens (including phenoxy) is 2. The number of fused-ring (bicyclic) bond motifs is 1. The Labute approximate surface area is 168 Å². The maximum Gasteiger partial charge on any atom is 0.343 e. The molecule has 26 heavy (non-hydrogen) atoms. The molecule has 0 saturated heterocycles. The second-order valence-corrected chi connectivity index (χ2v) is 8.18. The van der Waals surface area contributed by atoms with Gasteiger partial charge in [-0.1, -0.05) is 12.5 Å². The fourth-order valence-electron chi connectivity index (χ4n) is 3.41. The van der Waals surface area contributed by atoms with Crippen molar-refractivity contribution in [3.63, 3.8) is 0 Å². The summed E-state index contributed by atoms with van der Waals surface area (Å²) in [6.45, 7) is 5.08. The molecule has 1 aromatic heterocycles. The zero-order chi connectivity index (χ0) is 18.7. The topological polar surface area (TPSA) is 57.7 Å². The molecule has 1 atom stereocenters. The van der Waals surface area contributed by atoms with Crippen LogP contribution in [0.25, 0.3) is 10.9 Å². The Morgan fingerprint density at radius 2 is 2.15 bits per heavy atom. The Bertz CT molecular complexity index is 823. The van der Waals surface area contributed by atoms with Gasteiger partial charge < -0.3 is 14.0 Å². The number of benzene rings is 1. The highest BCUT2D eigenvalue weighted by Gasteiger charge is 2.26. The third kappa shape index (κ3) is 3.82. The Hall–Kier alpha value is -0.980. The lowest BCUT2D eigenvalue weighted by molar-refractivity contribution is 0.0522. The average molecular weight is 487 g/mol. The van der Waals surface area contributed by atoms with Gasteiger partial charge in [-0.25, -0.2) is 9.78 Å². The maximum absolute atomic E-state index is 12.3. The highest BCUT2D eigenvalue weighted by molar-refractivity contribution is 14.2. The largest absolute Gasteiger partial charge is 0.480 e. The molecule has 140 valence electrons. The monoisotopic (exact) mass is 487 g/mol. The van der Waals surface area contributed by atoms with Crippen LogP contribution in [-0.2, 0) is 15.9 Å². The summed E-state index contributed by atoms with van der Waals surface area (Å²) in [4.78, 5) is 17.0. The predicted molar refractivity (Wildman–Crippen MR) is 113 cm³/mol. The van der Waals surface area contributed by atoms with E-state index in [0.29, 0.717) is 37.0 Å². The molecule has 0 amide bonds. The van der Waals surface area contributed by atoms with Gasteiger partial charge in [0.1, 0.15) is 5.56 Å². The normalized spacial score (nSPS) is 14.8. The van der Waals surface area contributed by atoms with E-state index in [9.17, 15) is 4.79 Å². The molecule has 1 saturated carbocycles. The van der Waals surface area contributed by atoms with Gasteiger partial charge >= 0.3 is 5.97 Å². The lowest BCUT2D eigenvalue weighted by Crippen LogP contribution is -2.14. The SMILES string of the molecule is CCOC(=O)c1cc2c(C)cc(C3CCC3)c(COPI)c2nc1OC. The van der Waals surface area contributed by atoms with E-state index in [1.807, 2.05) is 6.07 Å². The summed E-state index contributed by atoms with van der Waals surface area (Å²) in [7, 11) is 1.53.